The number of para-hydroxylation sites is 1. The molecular formula is C14H18N2O4. The molecule has 0 saturated heterocycles. The Morgan fingerprint density at radius 2 is 1.95 bits per heavy atom. The normalized spacial score (nSPS) is 10.9. The lowest BCUT2D eigenvalue weighted by molar-refractivity contribution is -0.137. The molecule has 0 fully saturated rings. The Morgan fingerprint density at radius 3 is 2.55 bits per heavy atom. The number of nitrogens with zero attached hydrogens (tertiary/aromatic N) is 1. The number of hydrogen-bond acceptors (Lipinski definition) is 5. The molecule has 108 valence electrons. The minimum atomic E-state index is -0.899. The molecule has 0 aliphatic rings. The molecule has 0 aromatic heterocycles. The molecule has 6 heteroatoms. The van der Waals surface area contributed by atoms with Crippen LogP contribution in [0.25, 0.3) is 0 Å². The number of nitrogens with one attached hydrogen (secondary N) is 1. The molecule has 0 bridgehead atoms. The number of hydrazone groups is 1. The van der Waals surface area contributed by atoms with Gasteiger partial charge >= 0.3 is 11.9 Å². The van der Waals surface area contributed by atoms with Crippen molar-refractivity contribution in [1.82, 2.24) is 0 Å². The number of anilines is 1. The highest BCUT2D eigenvalue weighted by atomic mass is 16.5. The van der Waals surface area contributed by atoms with Crippen LogP contribution < -0.4 is 5.43 Å². The summed E-state index contributed by atoms with van der Waals surface area (Å²) in [7, 11) is 0. The Hall–Kier alpha value is -2.37. The van der Waals surface area contributed by atoms with Gasteiger partial charge in [-0.05, 0) is 31.9 Å². The van der Waals surface area contributed by atoms with Crippen molar-refractivity contribution >= 4 is 23.3 Å². The minimum absolute atomic E-state index is 0.0102. The quantitative estimate of drug-likeness (QED) is 0.432. The Morgan fingerprint density at radius 1 is 1.25 bits per heavy atom. The molecule has 0 saturated carbocycles. The molecule has 0 aliphatic carbocycles. The fourth-order valence-corrected chi connectivity index (χ4v) is 1.47. The van der Waals surface area contributed by atoms with Gasteiger partial charge in [-0.15, -0.1) is 0 Å². The van der Waals surface area contributed by atoms with E-state index in [-0.39, 0.29) is 25.2 Å². The molecule has 0 unspecified atom stereocenters. The first-order valence-corrected chi connectivity index (χ1v) is 6.40. The van der Waals surface area contributed by atoms with Gasteiger partial charge in [0.15, 0.2) is 0 Å². The molecule has 0 spiro atoms. The van der Waals surface area contributed by atoms with E-state index in [1.54, 1.807) is 6.92 Å². The molecule has 0 atom stereocenters. The second-order valence-electron chi connectivity index (χ2n) is 4.00. The zero-order chi connectivity index (χ0) is 14.8. The summed E-state index contributed by atoms with van der Waals surface area (Å²) in [6.45, 7) is 1.96. The summed E-state index contributed by atoms with van der Waals surface area (Å²) in [5, 5.41) is 12.6. The van der Waals surface area contributed by atoms with E-state index in [4.69, 9.17) is 9.84 Å². The zero-order valence-electron chi connectivity index (χ0n) is 11.3. The maximum Gasteiger partial charge on any atom is 0.354 e. The van der Waals surface area contributed by atoms with E-state index in [9.17, 15) is 9.59 Å². The molecule has 0 aliphatic heterocycles. The van der Waals surface area contributed by atoms with Crippen molar-refractivity contribution in [2.24, 2.45) is 5.10 Å². The summed E-state index contributed by atoms with van der Waals surface area (Å²) in [6.07, 6.45) is 0.582. The second-order valence-corrected chi connectivity index (χ2v) is 4.00. The van der Waals surface area contributed by atoms with Crippen LogP contribution in [0.15, 0.2) is 35.4 Å². The van der Waals surface area contributed by atoms with Crippen LogP contribution in [0, 0.1) is 0 Å². The summed E-state index contributed by atoms with van der Waals surface area (Å²) in [5.41, 5.74) is 3.70. The average Bonchev–Trinajstić information content (AvgIpc) is 2.43. The number of carbonyl (C=O) groups excluding carboxylic acids is 1. The molecule has 2 N–H and O–H groups in total. The minimum Gasteiger partial charge on any atom is -0.481 e. The summed E-state index contributed by atoms with van der Waals surface area (Å²) in [6, 6.07) is 9.17. The van der Waals surface area contributed by atoms with Crippen molar-refractivity contribution in [1.29, 1.82) is 0 Å². The van der Waals surface area contributed by atoms with E-state index in [1.165, 1.54) is 0 Å². The van der Waals surface area contributed by atoms with Crippen LogP contribution in [-0.2, 0) is 14.3 Å². The summed E-state index contributed by atoms with van der Waals surface area (Å²) in [4.78, 5) is 22.2. The molecule has 20 heavy (non-hydrogen) atoms. The first kappa shape index (κ1) is 15.7. The maximum atomic E-state index is 11.7. The largest absolute Gasteiger partial charge is 0.481 e. The molecular weight excluding hydrogens is 260 g/mol. The predicted octanol–water partition coefficient (Wildman–Crippen LogP) is 2.27. The number of hydrogen-bond donors (Lipinski definition) is 2. The lowest BCUT2D eigenvalue weighted by Gasteiger charge is -2.06. The van der Waals surface area contributed by atoms with Crippen LogP contribution in [0.1, 0.15) is 26.2 Å². The molecule has 0 amide bonds. The van der Waals surface area contributed by atoms with Gasteiger partial charge in [-0.2, -0.15) is 5.10 Å². The van der Waals surface area contributed by atoms with Gasteiger partial charge in [-0.1, -0.05) is 18.2 Å². The monoisotopic (exact) mass is 278 g/mol. The van der Waals surface area contributed by atoms with E-state index in [2.05, 4.69) is 10.5 Å². The van der Waals surface area contributed by atoms with Gasteiger partial charge in [0.2, 0.25) is 0 Å². The number of rotatable bonds is 8. The molecule has 0 heterocycles. The van der Waals surface area contributed by atoms with Gasteiger partial charge in [0.1, 0.15) is 5.71 Å². The van der Waals surface area contributed by atoms with E-state index < -0.39 is 11.9 Å². The highest BCUT2D eigenvalue weighted by Gasteiger charge is 2.13. The molecule has 1 rings (SSSR count). The molecule has 0 radical (unpaired) electrons. The first-order chi connectivity index (χ1) is 9.63. The van der Waals surface area contributed by atoms with Crippen LogP contribution in [0.5, 0.6) is 0 Å². The van der Waals surface area contributed by atoms with Crippen LogP contribution in [0.2, 0.25) is 0 Å². The summed E-state index contributed by atoms with van der Waals surface area (Å²) in [5.74, 6) is -1.43. The number of aliphatic carboxylic acids is 1. The van der Waals surface area contributed by atoms with E-state index in [0.717, 1.165) is 5.69 Å². The molecule has 6 nitrogen and oxygen atoms in total. The number of ether oxygens (including phenoxy) is 1. The van der Waals surface area contributed by atoms with Crippen molar-refractivity contribution in [3.05, 3.63) is 30.3 Å². The molecule has 1 aromatic carbocycles. The van der Waals surface area contributed by atoms with Crippen molar-refractivity contribution in [3.8, 4) is 0 Å². The standard InChI is InChI=1S/C14H18N2O4/c1-2-20-14(19)12(9-6-10-13(17)18)16-15-11-7-4-3-5-8-11/h3-5,7-8,15H,2,6,9-10H2,1H3,(H,17,18)/b16-12+. The second kappa shape index (κ2) is 8.68. The zero-order valence-corrected chi connectivity index (χ0v) is 11.3. The van der Waals surface area contributed by atoms with Gasteiger partial charge in [0.25, 0.3) is 0 Å². The average molecular weight is 278 g/mol. The van der Waals surface area contributed by atoms with Crippen molar-refractivity contribution < 1.29 is 19.4 Å². The highest BCUT2D eigenvalue weighted by Crippen LogP contribution is 2.06. The van der Waals surface area contributed by atoms with Gasteiger partial charge in [-0.25, -0.2) is 4.79 Å². The molecule has 1 aromatic rings. The predicted molar refractivity (Wildman–Crippen MR) is 75.6 cm³/mol. The number of carbonyl (C=O) groups is 2. The van der Waals surface area contributed by atoms with E-state index >= 15 is 0 Å². The lowest BCUT2D eigenvalue weighted by Crippen LogP contribution is -2.19. The van der Waals surface area contributed by atoms with Crippen LogP contribution in [-0.4, -0.2) is 29.4 Å². The SMILES string of the molecule is CCOC(=O)/C(CCCC(=O)O)=N/Nc1ccccc1. The van der Waals surface area contributed by atoms with Crippen molar-refractivity contribution in [2.75, 3.05) is 12.0 Å². The topological polar surface area (TPSA) is 88.0 Å². The van der Waals surface area contributed by atoms with Gasteiger partial charge in [0.05, 0.1) is 12.3 Å². The van der Waals surface area contributed by atoms with Crippen molar-refractivity contribution in [3.63, 3.8) is 0 Å². The van der Waals surface area contributed by atoms with Gasteiger partial charge in [0, 0.05) is 6.42 Å². The Labute approximate surface area is 117 Å². The smallest absolute Gasteiger partial charge is 0.354 e. The third kappa shape index (κ3) is 5.99. The third-order valence-corrected chi connectivity index (χ3v) is 2.41. The van der Waals surface area contributed by atoms with E-state index in [0.29, 0.717) is 6.42 Å². The lowest BCUT2D eigenvalue weighted by atomic mass is 10.1. The van der Waals surface area contributed by atoms with Crippen molar-refractivity contribution in [2.45, 2.75) is 26.2 Å². The van der Waals surface area contributed by atoms with E-state index in [1.807, 2.05) is 30.3 Å². The first-order valence-electron chi connectivity index (χ1n) is 6.40. The van der Waals surface area contributed by atoms with Gasteiger partial charge < -0.3 is 9.84 Å². The Bertz CT molecular complexity index is 471. The Balaban J connectivity index is 2.65. The number of esters is 1. The third-order valence-electron chi connectivity index (χ3n) is 2.41. The maximum absolute atomic E-state index is 11.7. The van der Waals surface area contributed by atoms with Gasteiger partial charge in [-0.3, -0.25) is 10.2 Å². The number of benzene rings is 1. The Kier molecular flexibility index (Phi) is 6.81. The summed E-state index contributed by atoms with van der Waals surface area (Å²) < 4.78 is 4.89. The fraction of sp³-hybridized carbons (Fsp3) is 0.357. The number of carboxylic acids is 1. The van der Waals surface area contributed by atoms with Crippen LogP contribution >= 0.6 is 0 Å². The number of carboxylic acid groups (broad SMARTS) is 1. The van der Waals surface area contributed by atoms with Crippen LogP contribution in [0.3, 0.4) is 0 Å². The van der Waals surface area contributed by atoms with Crippen LogP contribution in [0.4, 0.5) is 5.69 Å². The fourth-order valence-electron chi connectivity index (χ4n) is 1.47. The highest BCUT2D eigenvalue weighted by molar-refractivity contribution is 6.36. The summed E-state index contributed by atoms with van der Waals surface area (Å²) >= 11 is 0.